The Balaban J connectivity index is 1.65. The lowest BCUT2D eigenvalue weighted by Crippen LogP contribution is -2.18. The van der Waals surface area contributed by atoms with Gasteiger partial charge in [-0.25, -0.2) is 14.8 Å². The predicted octanol–water partition coefficient (Wildman–Crippen LogP) is 3.71. The predicted molar refractivity (Wildman–Crippen MR) is 117 cm³/mol. The zero-order chi connectivity index (χ0) is 21.4. The molecule has 0 radical (unpaired) electrons. The first-order chi connectivity index (χ1) is 15.1. The topological polar surface area (TPSA) is 115 Å². The van der Waals surface area contributed by atoms with Gasteiger partial charge in [0.15, 0.2) is 0 Å². The number of carboxylic acids is 1. The molecule has 0 bridgehead atoms. The van der Waals surface area contributed by atoms with Crippen LogP contribution in [0, 0.1) is 0 Å². The van der Waals surface area contributed by atoms with Gasteiger partial charge in [0.25, 0.3) is 0 Å². The number of carboxylic acid groups (broad SMARTS) is 1. The average Bonchev–Trinajstić information content (AvgIpc) is 3.41. The first-order valence-electron chi connectivity index (χ1n) is 10.0. The van der Waals surface area contributed by atoms with Gasteiger partial charge in [-0.1, -0.05) is 30.3 Å². The number of anilines is 1. The molecule has 5 rings (SSSR count). The van der Waals surface area contributed by atoms with Crippen LogP contribution in [0.25, 0.3) is 22.2 Å². The van der Waals surface area contributed by atoms with Crippen molar-refractivity contribution in [1.82, 2.24) is 19.9 Å². The maximum Gasteiger partial charge on any atom is 0.353 e. The zero-order valence-electron chi connectivity index (χ0n) is 16.7. The summed E-state index contributed by atoms with van der Waals surface area (Å²) in [5.74, 6) is 0.616. The van der Waals surface area contributed by atoms with Gasteiger partial charge in [0.05, 0.1) is 5.39 Å². The lowest BCUT2D eigenvalue weighted by molar-refractivity contribution is 0.0684. The molecule has 1 aliphatic heterocycles. The van der Waals surface area contributed by atoms with Gasteiger partial charge in [-0.3, -0.25) is 0 Å². The number of rotatable bonds is 5. The fourth-order valence-corrected chi connectivity index (χ4v) is 4.18. The third kappa shape index (κ3) is 3.36. The Morgan fingerprint density at radius 2 is 1.84 bits per heavy atom. The number of nitrogens with zero attached hydrogens (tertiary/aromatic N) is 3. The SMILES string of the molecule is Nc1ncnc2c1c(-c1ccc(Oc3ccccc3)cc1)c(C(=O)O)n2[C@@H]1CCNC1. The Kier molecular flexibility index (Phi) is 4.76. The van der Waals surface area contributed by atoms with E-state index in [4.69, 9.17) is 10.5 Å². The highest BCUT2D eigenvalue weighted by Crippen LogP contribution is 2.40. The number of nitrogens with one attached hydrogen (secondary N) is 1. The Morgan fingerprint density at radius 3 is 2.52 bits per heavy atom. The minimum atomic E-state index is -1.02. The average molecular weight is 415 g/mol. The lowest BCUT2D eigenvalue weighted by Gasteiger charge is -2.15. The van der Waals surface area contributed by atoms with Crippen LogP contribution in [-0.4, -0.2) is 38.7 Å². The molecule has 31 heavy (non-hydrogen) atoms. The van der Waals surface area contributed by atoms with Crippen molar-refractivity contribution in [2.75, 3.05) is 18.8 Å². The van der Waals surface area contributed by atoms with E-state index < -0.39 is 5.97 Å². The van der Waals surface area contributed by atoms with E-state index >= 15 is 0 Å². The van der Waals surface area contributed by atoms with Crippen LogP contribution in [0.4, 0.5) is 5.82 Å². The van der Waals surface area contributed by atoms with Crippen molar-refractivity contribution in [3.05, 3.63) is 66.6 Å². The molecule has 4 N–H and O–H groups in total. The van der Waals surface area contributed by atoms with E-state index in [0.29, 0.717) is 34.5 Å². The molecule has 1 fully saturated rings. The van der Waals surface area contributed by atoms with Crippen LogP contribution in [0.3, 0.4) is 0 Å². The minimum Gasteiger partial charge on any atom is -0.477 e. The van der Waals surface area contributed by atoms with Crippen LogP contribution in [0.15, 0.2) is 60.9 Å². The Labute approximate surface area is 178 Å². The first-order valence-corrected chi connectivity index (χ1v) is 10.0. The number of aromatic carboxylic acids is 1. The number of nitrogen functional groups attached to an aromatic ring is 1. The zero-order valence-corrected chi connectivity index (χ0v) is 16.7. The van der Waals surface area contributed by atoms with E-state index in [9.17, 15) is 9.90 Å². The van der Waals surface area contributed by atoms with Gasteiger partial charge in [-0.15, -0.1) is 0 Å². The van der Waals surface area contributed by atoms with Gasteiger partial charge in [-0.2, -0.15) is 0 Å². The molecule has 8 heteroatoms. The second-order valence-electron chi connectivity index (χ2n) is 7.44. The third-order valence-corrected chi connectivity index (χ3v) is 5.54. The van der Waals surface area contributed by atoms with Gasteiger partial charge >= 0.3 is 5.97 Å². The van der Waals surface area contributed by atoms with Crippen LogP contribution >= 0.6 is 0 Å². The summed E-state index contributed by atoms with van der Waals surface area (Å²) < 4.78 is 7.66. The number of carbonyl (C=O) groups is 1. The highest BCUT2D eigenvalue weighted by atomic mass is 16.5. The standard InChI is InChI=1S/C23H21N5O3/c24-21-19-18(14-6-8-17(9-7-14)31-16-4-2-1-3-5-16)20(23(29)30)28(15-10-11-25-12-15)22(19)27-13-26-21/h1-9,13,15,25H,10-12H2,(H,29,30)(H2,24,26,27)/t15-/m1/s1. The van der Waals surface area contributed by atoms with E-state index in [1.165, 1.54) is 6.33 Å². The maximum absolute atomic E-state index is 12.4. The molecule has 8 nitrogen and oxygen atoms in total. The molecule has 0 unspecified atom stereocenters. The summed E-state index contributed by atoms with van der Waals surface area (Å²) in [4.78, 5) is 20.9. The summed E-state index contributed by atoms with van der Waals surface area (Å²) in [5.41, 5.74) is 8.17. The van der Waals surface area contributed by atoms with Gasteiger partial charge in [0.2, 0.25) is 0 Å². The van der Waals surface area contributed by atoms with Crippen molar-refractivity contribution >= 4 is 22.8 Å². The van der Waals surface area contributed by atoms with Crippen LogP contribution in [0.2, 0.25) is 0 Å². The van der Waals surface area contributed by atoms with Crippen molar-refractivity contribution in [1.29, 1.82) is 0 Å². The molecule has 1 saturated heterocycles. The highest BCUT2D eigenvalue weighted by molar-refractivity contribution is 6.10. The second kappa shape index (κ2) is 7.73. The fraction of sp³-hybridized carbons (Fsp3) is 0.174. The number of hydrogen-bond donors (Lipinski definition) is 3. The number of nitrogens with two attached hydrogens (primary N) is 1. The normalized spacial score (nSPS) is 15.9. The second-order valence-corrected chi connectivity index (χ2v) is 7.44. The maximum atomic E-state index is 12.4. The summed E-state index contributed by atoms with van der Waals surface area (Å²) in [6, 6.07) is 16.8. The van der Waals surface area contributed by atoms with E-state index in [1.54, 1.807) is 4.57 Å². The van der Waals surface area contributed by atoms with Crippen molar-refractivity contribution in [3.63, 3.8) is 0 Å². The van der Waals surface area contributed by atoms with Crippen molar-refractivity contribution in [2.24, 2.45) is 0 Å². The molecule has 1 atom stereocenters. The van der Waals surface area contributed by atoms with Crippen LogP contribution in [0.1, 0.15) is 23.0 Å². The largest absolute Gasteiger partial charge is 0.477 e. The molecule has 156 valence electrons. The number of para-hydroxylation sites is 1. The van der Waals surface area contributed by atoms with E-state index in [2.05, 4.69) is 15.3 Å². The quantitative estimate of drug-likeness (QED) is 0.455. The van der Waals surface area contributed by atoms with Crippen LogP contribution in [0.5, 0.6) is 11.5 Å². The smallest absolute Gasteiger partial charge is 0.353 e. The molecule has 0 amide bonds. The summed E-state index contributed by atoms with van der Waals surface area (Å²) in [5, 5.41) is 14.0. The lowest BCUT2D eigenvalue weighted by atomic mass is 10.0. The summed E-state index contributed by atoms with van der Waals surface area (Å²) >= 11 is 0. The molecule has 1 aliphatic rings. The van der Waals surface area contributed by atoms with Gasteiger partial charge < -0.3 is 25.5 Å². The van der Waals surface area contributed by atoms with Gasteiger partial charge in [0, 0.05) is 18.2 Å². The Morgan fingerprint density at radius 1 is 1.10 bits per heavy atom. The number of benzene rings is 2. The Bertz CT molecular complexity index is 1250. The number of hydrogen-bond acceptors (Lipinski definition) is 6. The molecule has 4 aromatic rings. The molecular formula is C23H21N5O3. The molecule has 0 spiro atoms. The van der Waals surface area contributed by atoms with Crippen LogP contribution < -0.4 is 15.8 Å². The summed E-state index contributed by atoms with van der Waals surface area (Å²) in [7, 11) is 0. The minimum absolute atomic E-state index is 0.0164. The number of aromatic nitrogens is 3. The van der Waals surface area contributed by atoms with Gasteiger partial charge in [0.1, 0.15) is 35.0 Å². The number of fused-ring (bicyclic) bond motifs is 1. The Hall–Kier alpha value is -3.91. The van der Waals surface area contributed by atoms with E-state index in [-0.39, 0.29) is 17.6 Å². The third-order valence-electron chi connectivity index (χ3n) is 5.54. The molecule has 2 aromatic heterocycles. The van der Waals surface area contributed by atoms with Crippen LogP contribution in [-0.2, 0) is 0 Å². The monoisotopic (exact) mass is 415 g/mol. The molecule has 0 saturated carbocycles. The van der Waals surface area contributed by atoms with E-state index in [1.807, 2.05) is 54.6 Å². The summed E-state index contributed by atoms with van der Waals surface area (Å²) in [6.45, 7) is 1.50. The molecule has 0 aliphatic carbocycles. The molecular weight excluding hydrogens is 394 g/mol. The fourth-order valence-electron chi connectivity index (χ4n) is 4.18. The van der Waals surface area contributed by atoms with E-state index in [0.717, 1.165) is 18.7 Å². The highest BCUT2D eigenvalue weighted by Gasteiger charge is 2.31. The van der Waals surface area contributed by atoms with Crippen molar-refractivity contribution < 1.29 is 14.6 Å². The number of ether oxygens (including phenoxy) is 1. The molecule has 3 heterocycles. The van der Waals surface area contributed by atoms with Crippen molar-refractivity contribution in [3.8, 4) is 22.6 Å². The molecule has 2 aromatic carbocycles. The van der Waals surface area contributed by atoms with Gasteiger partial charge in [-0.05, 0) is 42.8 Å². The first kappa shape index (κ1) is 19.1. The van der Waals surface area contributed by atoms with Crippen molar-refractivity contribution in [2.45, 2.75) is 12.5 Å². The summed E-state index contributed by atoms with van der Waals surface area (Å²) in [6.07, 6.45) is 2.19.